The Hall–Kier alpha value is -2.80. The predicted octanol–water partition coefficient (Wildman–Crippen LogP) is 5.17. The summed E-state index contributed by atoms with van der Waals surface area (Å²) in [7, 11) is -2.71. The van der Waals surface area contributed by atoms with Crippen molar-refractivity contribution in [3.63, 3.8) is 0 Å². The van der Waals surface area contributed by atoms with Crippen LogP contribution in [0.4, 0.5) is 11.4 Å². The number of benzene rings is 3. The van der Waals surface area contributed by atoms with E-state index >= 15 is 0 Å². The molecule has 30 heavy (non-hydrogen) atoms. The Kier molecular flexibility index (Phi) is 5.32. The standard InChI is InChI=1S/C22H16Cl2N2O3S/c1-26-19-12-9-16(24)13-18(19)20(14-5-3-2-4-6-14)21(30(26,28)29)22(27)25-17-10-7-15(23)8-11-17/h2-13H,1H3,(H,25,27). The largest absolute Gasteiger partial charge is 0.321 e. The van der Waals surface area contributed by atoms with Gasteiger partial charge < -0.3 is 5.32 Å². The molecule has 8 heteroatoms. The van der Waals surface area contributed by atoms with E-state index in [0.29, 0.717) is 38.1 Å². The van der Waals surface area contributed by atoms with E-state index in [4.69, 9.17) is 23.2 Å². The lowest BCUT2D eigenvalue weighted by atomic mass is 9.95. The molecule has 1 amide bonds. The molecule has 0 saturated heterocycles. The zero-order chi connectivity index (χ0) is 21.5. The van der Waals surface area contributed by atoms with Crippen LogP contribution in [0.2, 0.25) is 10.0 Å². The number of sulfonamides is 1. The Labute approximate surface area is 184 Å². The van der Waals surface area contributed by atoms with E-state index in [1.165, 1.54) is 7.05 Å². The van der Waals surface area contributed by atoms with Crippen molar-refractivity contribution in [1.82, 2.24) is 0 Å². The minimum absolute atomic E-state index is 0.303. The summed E-state index contributed by atoms with van der Waals surface area (Å²) in [4.78, 5) is 12.9. The number of rotatable bonds is 3. The maximum atomic E-state index is 13.4. The number of carbonyl (C=O) groups excluding carboxylic acids is 1. The first-order valence-electron chi connectivity index (χ1n) is 8.94. The lowest BCUT2D eigenvalue weighted by Crippen LogP contribution is -2.37. The van der Waals surface area contributed by atoms with Gasteiger partial charge in [0.15, 0.2) is 4.91 Å². The molecule has 4 rings (SSSR count). The third-order valence-electron chi connectivity index (χ3n) is 4.78. The van der Waals surface area contributed by atoms with Gasteiger partial charge in [0.2, 0.25) is 0 Å². The highest BCUT2D eigenvalue weighted by atomic mass is 35.5. The molecule has 0 spiro atoms. The van der Waals surface area contributed by atoms with Crippen molar-refractivity contribution in [3.05, 3.63) is 98.9 Å². The molecule has 0 bridgehead atoms. The summed E-state index contributed by atoms with van der Waals surface area (Å²) in [5.41, 5.74) is 2.34. The third kappa shape index (κ3) is 3.58. The highest BCUT2D eigenvalue weighted by molar-refractivity contribution is 7.97. The normalized spacial score (nSPS) is 15.0. The molecule has 0 aromatic heterocycles. The molecule has 0 aliphatic carbocycles. The topological polar surface area (TPSA) is 66.5 Å². The van der Waals surface area contributed by atoms with E-state index in [-0.39, 0.29) is 4.91 Å². The Morgan fingerprint density at radius 1 is 0.900 bits per heavy atom. The lowest BCUT2D eigenvalue weighted by Gasteiger charge is -2.31. The van der Waals surface area contributed by atoms with Crippen LogP contribution in [0.25, 0.3) is 5.57 Å². The van der Waals surface area contributed by atoms with Gasteiger partial charge in [-0.05, 0) is 48.0 Å². The minimum atomic E-state index is -4.12. The van der Waals surface area contributed by atoms with Gasteiger partial charge in [-0.25, -0.2) is 8.42 Å². The number of hydrogen-bond acceptors (Lipinski definition) is 3. The Bertz CT molecular complexity index is 1270. The van der Waals surface area contributed by atoms with Crippen molar-refractivity contribution in [1.29, 1.82) is 0 Å². The highest BCUT2D eigenvalue weighted by Crippen LogP contribution is 2.43. The quantitative estimate of drug-likeness (QED) is 0.588. The van der Waals surface area contributed by atoms with Gasteiger partial charge in [-0.1, -0.05) is 53.5 Å². The van der Waals surface area contributed by atoms with Crippen molar-refractivity contribution < 1.29 is 13.2 Å². The van der Waals surface area contributed by atoms with E-state index in [2.05, 4.69) is 5.32 Å². The molecule has 1 N–H and O–H groups in total. The van der Waals surface area contributed by atoms with E-state index < -0.39 is 15.9 Å². The lowest BCUT2D eigenvalue weighted by molar-refractivity contribution is -0.112. The molecule has 1 heterocycles. The second-order valence-electron chi connectivity index (χ2n) is 6.67. The fourth-order valence-corrected chi connectivity index (χ4v) is 5.11. The van der Waals surface area contributed by atoms with Crippen molar-refractivity contribution in [2.24, 2.45) is 0 Å². The monoisotopic (exact) mass is 458 g/mol. The van der Waals surface area contributed by atoms with Crippen LogP contribution in [-0.2, 0) is 14.8 Å². The van der Waals surface area contributed by atoms with Crippen LogP contribution in [0, 0.1) is 0 Å². The van der Waals surface area contributed by atoms with Crippen LogP contribution in [0.5, 0.6) is 0 Å². The predicted molar refractivity (Wildman–Crippen MR) is 121 cm³/mol. The van der Waals surface area contributed by atoms with Crippen LogP contribution < -0.4 is 9.62 Å². The van der Waals surface area contributed by atoms with Gasteiger partial charge in [0.25, 0.3) is 15.9 Å². The number of nitrogens with zero attached hydrogens (tertiary/aromatic N) is 1. The summed E-state index contributed by atoms with van der Waals surface area (Å²) in [6.45, 7) is 0. The van der Waals surface area contributed by atoms with Crippen LogP contribution in [0.3, 0.4) is 0 Å². The van der Waals surface area contributed by atoms with Gasteiger partial charge in [0.05, 0.1) is 5.69 Å². The van der Waals surface area contributed by atoms with Crippen molar-refractivity contribution in [2.75, 3.05) is 16.7 Å². The highest BCUT2D eigenvalue weighted by Gasteiger charge is 2.39. The van der Waals surface area contributed by atoms with Gasteiger partial charge in [-0.3, -0.25) is 9.10 Å². The molecular formula is C22H16Cl2N2O3S. The molecule has 1 aliphatic heterocycles. The summed E-state index contributed by atoms with van der Waals surface area (Å²) in [6, 6.07) is 20.3. The Balaban J connectivity index is 1.98. The Morgan fingerprint density at radius 2 is 1.53 bits per heavy atom. The molecule has 3 aromatic rings. The molecule has 0 radical (unpaired) electrons. The van der Waals surface area contributed by atoms with Crippen LogP contribution in [-0.4, -0.2) is 21.4 Å². The first-order valence-corrected chi connectivity index (χ1v) is 11.1. The second kappa shape index (κ2) is 7.80. The first kappa shape index (κ1) is 20.5. The maximum Gasteiger partial charge on any atom is 0.270 e. The number of amides is 1. The van der Waals surface area contributed by atoms with Gasteiger partial charge >= 0.3 is 0 Å². The smallest absolute Gasteiger partial charge is 0.270 e. The number of anilines is 2. The van der Waals surface area contributed by atoms with E-state index in [0.717, 1.165) is 4.31 Å². The number of hydrogen-bond donors (Lipinski definition) is 1. The summed E-state index contributed by atoms with van der Waals surface area (Å²) >= 11 is 12.1. The third-order valence-corrected chi connectivity index (χ3v) is 7.09. The number of fused-ring (bicyclic) bond motifs is 1. The molecule has 3 aromatic carbocycles. The summed E-state index contributed by atoms with van der Waals surface area (Å²) in [5.74, 6) is -0.742. The van der Waals surface area contributed by atoms with Crippen molar-refractivity contribution in [2.45, 2.75) is 0 Å². The maximum absolute atomic E-state index is 13.4. The number of halogens is 2. The van der Waals surface area contributed by atoms with Crippen LogP contribution in [0.1, 0.15) is 11.1 Å². The first-order chi connectivity index (χ1) is 14.3. The van der Waals surface area contributed by atoms with Crippen molar-refractivity contribution >= 4 is 56.1 Å². The molecule has 0 unspecified atom stereocenters. The van der Waals surface area contributed by atoms with E-state index in [9.17, 15) is 13.2 Å². The van der Waals surface area contributed by atoms with Gasteiger partial charge in [0.1, 0.15) is 0 Å². The minimum Gasteiger partial charge on any atom is -0.321 e. The summed E-state index contributed by atoms with van der Waals surface area (Å²) in [5, 5.41) is 3.61. The van der Waals surface area contributed by atoms with Crippen LogP contribution in [0.15, 0.2) is 77.7 Å². The summed E-state index contributed by atoms with van der Waals surface area (Å²) < 4.78 is 27.9. The molecule has 0 saturated carbocycles. The molecule has 5 nitrogen and oxygen atoms in total. The van der Waals surface area contributed by atoms with Gasteiger partial charge in [-0.15, -0.1) is 0 Å². The fourth-order valence-electron chi connectivity index (χ4n) is 3.34. The zero-order valence-electron chi connectivity index (χ0n) is 15.8. The average molecular weight is 459 g/mol. The zero-order valence-corrected chi connectivity index (χ0v) is 18.1. The molecule has 0 fully saturated rings. The SMILES string of the molecule is CN1c2ccc(Cl)cc2C(c2ccccc2)=C(C(=O)Nc2ccc(Cl)cc2)S1(=O)=O. The molecule has 1 aliphatic rings. The van der Waals surface area contributed by atoms with E-state index in [1.54, 1.807) is 66.7 Å². The number of nitrogens with one attached hydrogen (secondary N) is 1. The molecule has 0 atom stereocenters. The van der Waals surface area contributed by atoms with Gasteiger partial charge in [-0.2, -0.15) is 0 Å². The summed E-state index contributed by atoms with van der Waals surface area (Å²) in [6.07, 6.45) is 0. The number of carbonyl (C=O) groups is 1. The fraction of sp³-hybridized carbons (Fsp3) is 0.0455. The van der Waals surface area contributed by atoms with Gasteiger partial charge in [0, 0.05) is 33.9 Å². The molecule has 152 valence electrons. The van der Waals surface area contributed by atoms with Crippen molar-refractivity contribution in [3.8, 4) is 0 Å². The molecular weight excluding hydrogens is 443 g/mol. The average Bonchev–Trinajstić information content (AvgIpc) is 2.72. The van der Waals surface area contributed by atoms with E-state index in [1.807, 2.05) is 6.07 Å². The second-order valence-corrected chi connectivity index (χ2v) is 9.44. The van der Waals surface area contributed by atoms with Crippen LogP contribution >= 0.6 is 23.2 Å². The Morgan fingerprint density at radius 3 is 2.20 bits per heavy atom.